The van der Waals surface area contributed by atoms with E-state index in [-0.39, 0.29) is 12.5 Å². The lowest BCUT2D eigenvalue weighted by atomic mass is 10.0. The number of benzene rings is 2. The monoisotopic (exact) mass is 449 g/mol. The second-order valence-corrected chi connectivity index (χ2v) is 7.63. The van der Waals surface area contributed by atoms with Crippen LogP contribution in [0.2, 0.25) is 0 Å². The average Bonchev–Trinajstić information content (AvgIpc) is 2.85. The molecule has 3 N–H and O–H groups in total. The van der Waals surface area contributed by atoms with Gasteiger partial charge in [0.15, 0.2) is 0 Å². The third kappa shape index (κ3) is 7.09. The fourth-order valence-electron chi connectivity index (χ4n) is 3.47. The molecule has 1 fully saturated rings. The van der Waals surface area contributed by atoms with Gasteiger partial charge in [-0.2, -0.15) is 5.26 Å². The standard InChI is InChI=1S/C14H11N.C11H14F2N4O/c15-11-14-8-4-7-13(10-14)9-12-5-2-1-3-6-12;12-10(13)9-6-17(2-1-16-9)11(18)7-3-8(14)5-15-4-7/h1-8,10H,9H2;3-5,9-10,16H,1-2,6,14H2. The maximum atomic E-state index is 12.6. The maximum Gasteiger partial charge on any atom is 0.255 e. The number of nitrogen functional groups attached to an aromatic ring is 1. The van der Waals surface area contributed by atoms with E-state index >= 15 is 0 Å². The number of nitrogens with one attached hydrogen (secondary N) is 1. The van der Waals surface area contributed by atoms with Crippen molar-refractivity contribution < 1.29 is 13.6 Å². The topological polar surface area (TPSA) is 95.0 Å². The Balaban J connectivity index is 0.000000189. The van der Waals surface area contributed by atoms with Crippen molar-refractivity contribution in [1.82, 2.24) is 15.2 Å². The quantitative estimate of drug-likeness (QED) is 0.636. The highest BCUT2D eigenvalue weighted by molar-refractivity contribution is 5.94. The Morgan fingerprint density at radius 3 is 2.61 bits per heavy atom. The lowest BCUT2D eigenvalue weighted by Crippen LogP contribution is -2.55. The van der Waals surface area contributed by atoms with Crippen molar-refractivity contribution in [2.75, 3.05) is 25.4 Å². The highest BCUT2D eigenvalue weighted by Crippen LogP contribution is 2.13. The molecule has 1 aromatic heterocycles. The van der Waals surface area contributed by atoms with E-state index in [1.165, 1.54) is 34.5 Å². The van der Waals surface area contributed by atoms with Crippen molar-refractivity contribution in [3.63, 3.8) is 0 Å². The van der Waals surface area contributed by atoms with Crippen molar-refractivity contribution in [3.05, 3.63) is 95.3 Å². The van der Waals surface area contributed by atoms with Gasteiger partial charge in [-0.25, -0.2) is 8.78 Å². The van der Waals surface area contributed by atoms with E-state index in [4.69, 9.17) is 11.0 Å². The van der Waals surface area contributed by atoms with Gasteiger partial charge in [-0.15, -0.1) is 0 Å². The lowest BCUT2D eigenvalue weighted by molar-refractivity contribution is 0.0452. The number of piperazine rings is 1. The number of alkyl halides is 2. The molecule has 1 amide bonds. The van der Waals surface area contributed by atoms with Crippen LogP contribution in [0.15, 0.2) is 73.1 Å². The fourth-order valence-corrected chi connectivity index (χ4v) is 3.47. The summed E-state index contributed by atoms with van der Waals surface area (Å²) in [6, 6.07) is 20.7. The summed E-state index contributed by atoms with van der Waals surface area (Å²) in [5, 5.41) is 11.5. The molecule has 0 aliphatic carbocycles. The molecule has 1 aliphatic rings. The van der Waals surface area contributed by atoms with Gasteiger partial charge in [0.1, 0.15) is 0 Å². The first kappa shape index (κ1) is 23.8. The van der Waals surface area contributed by atoms with Gasteiger partial charge in [-0.05, 0) is 35.7 Å². The molecule has 8 heteroatoms. The smallest absolute Gasteiger partial charge is 0.255 e. The summed E-state index contributed by atoms with van der Waals surface area (Å²) in [5.41, 5.74) is 9.41. The first-order valence-electron chi connectivity index (χ1n) is 10.5. The van der Waals surface area contributed by atoms with Gasteiger partial charge < -0.3 is 16.0 Å². The highest BCUT2D eigenvalue weighted by atomic mass is 19.3. The molecule has 1 saturated heterocycles. The molecule has 6 nitrogen and oxygen atoms in total. The molecule has 3 aromatic rings. The van der Waals surface area contributed by atoms with Gasteiger partial charge >= 0.3 is 0 Å². The second kappa shape index (κ2) is 11.7. The van der Waals surface area contributed by atoms with Crippen LogP contribution in [-0.2, 0) is 6.42 Å². The van der Waals surface area contributed by atoms with Crippen LogP contribution < -0.4 is 11.1 Å². The molecule has 2 heterocycles. The third-order valence-corrected chi connectivity index (χ3v) is 5.11. The number of nitrogens with two attached hydrogens (primary N) is 1. The molecule has 0 spiro atoms. The number of carbonyl (C=O) groups excluding carboxylic acids is 1. The number of aromatic nitrogens is 1. The number of amides is 1. The van der Waals surface area contributed by atoms with E-state index in [1.807, 2.05) is 42.5 Å². The first-order chi connectivity index (χ1) is 16.0. The fraction of sp³-hybridized carbons (Fsp3) is 0.240. The predicted octanol–water partition coefficient (Wildman–Crippen LogP) is 3.49. The van der Waals surface area contributed by atoms with Crippen LogP contribution in [0, 0.1) is 11.3 Å². The average molecular weight is 450 g/mol. The molecule has 0 bridgehead atoms. The number of anilines is 1. The van der Waals surface area contributed by atoms with Gasteiger partial charge in [0.25, 0.3) is 12.3 Å². The number of carbonyl (C=O) groups is 1. The largest absolute Gasteiger partial charge is 0.397 e. The van der Waals surface area contributed by atoms with E-state index < -0.39 is 12.5 Å². The van der Waals surface area contributed by atoms with Crippen LogP contribution in [0.3, 0.4) is 0 Å². The number of hydrogen-bond donors (Lipinski definition) is 2. The van der Waals surface area contributed by atoms with Gasteiger partial charge in [0, 0.05) is 32.0 Å². The van der Waals surface area contributed by atoms with Crippen molar-refractivity contribution in [2.24, 2.45) is 0 Å². The first-order valence-corrected chi connectivity index (χ1v) is 10.5. The molecule has 33 heavy (non-hydrogen) atoms. The lowest BCUT2D eigenvalue weighted by Gasteiger charge is -2.33. The predicted molar refractivity (Wildman–Crippen MR) is 123 cm³/mol. The van der Waals surface area contributed by atoms with Gasteiger partial charge in [-0.1, -0.05) is 42.5 Å². The molecule has 2 aromatic carbocycles. The van der Waals surface area contributed by atoms with E-state index in [0.29, 0.717) is 24.3 Å². The minimum Gasteiger partial charge on any atom is -0.397 e. The Hall–Kier alpha value is -3.83. The summed E-state index contributed by atoms with van der Waals surface area (Å²) < 4.78 is 25.2. The molecule has 0 saturated carbocycles. The number of pyridine rings is 1. The molecular formula is C25H25F2N5O. The number of nitrogens with zero attached hydrogens (tertiary/aromatic N) is 3. The van der Waals surface area contributed by atoms with Gasteiger partial charge in [0.05, 0.1) is 28.9 Å². The second-order valence-electron chi connectivity index (χ2n) is 7.63. The zero-order chi connectivity index (χ0) is 23.6. The SMILES string of the molecule is N#Cc1cccc(Cc2ccccc2)c1.Nc1cncc(C(=O)N2CCNC(C(F)F)C2)c1. The molecule has 0 radical (unpaired) electrons. The molecular weight excluding hydrogens is 424 g/mol. The third-order valence-electron chi connectivity index (χ3n) is 5.11. The molecule has 1 atom stereocenters. The zero-order valence-corrected chi connectivity index (χ0v) is 18.0. The van der Waals surface area contributed by atoms with Crippen LogP contribution in [0.1, 0.15) is 27.0 Å². The molecule has 1 unspecified atom stereocenters. The molecule has 170 valence electrons. The summed E-state index contributed by atoms with van der Waals surface area (Å²) in [7, 11) is 0. The Morgan fingerprint density at radius 1 is 1.15 bits per heavy atom. The van der Waals surface area contributed by atoms with Crippen molar-refractivity contribution in [1.29, 1.82) is 5.26 Å². The molecule has 4 rings (SSSR count). The summed E-state index contributed by atoms with van der Waals surface area (Å²) in [6.45, 7) is 0.749. The summed E-state index contributed by atoms with van der Waals surface area (Å²) >= 11 is 0. The van der Waals surface area contributed by atoms with Gasteiger partial charge in [-0.3, -0.25) is 9.78 Å². The van der Waals surface area contributed by atoms with E-state index in [0.717, 1.165) is 12.0 Å². The van der Waals surface area contributed by atoms with Crippen LogP contribution >= 0.6 is 0 Å². The van der Waals surface area contributed by atoms with Crippen LogP contribution in [0.4, 0.5) is 14.5 Å². The Labute approximate surface area is 191 Å². The van der Waals surface area contributed by atoms with E-state index in [9.17, 15) is 13.6 Å². The van der Waals surface area contributed by atoms with Gasteiger partial charge in [0.2, 0.25) is 0 Å². The maximum absolute atomic E-state index is 12.6. The summed E-state index contributed by atoms with van der Waals surface area (Å²) in [6.07, 6.45) is 1.21. The normalized spacial score (nSPS) is 15.3. The van der Waals surface area contributed by atoms with Crippen LogP contribution in [0.25, 0.3) is 0 Å². The Morgan fingerprint density at radius 2 is 1.91 bits per heavy atom. The van der Waals surface area contributed by atoms with Crippen molar-refractivity contribution in [3.8, 4) is 6.07 Å². The number of hydrogen-bond acceptors (Lipinski definition) is 5. The summed E-state index contributed by atoms with van der Waals surface area (Å²) in [4.78, 5) is 17.3. The minimum absolute atomic E-state index is 0.00863. The minimum atomic E-state index is -2.49. The van der Waals surface area contributed by atoms with Crippen molar-refractivity contribution >= 4 is 11.6 Å². The Kier molecular flexibility index (Phi) is 8.44. The highest BCUT2D eigenvalue weighted by Gasteiger charge is 2.29. The van der Waals surface area contributed by atoms with Crippen LogP contribution in [-0.4, -0.2) is 47.9 Å². The number of rotatable bonds is 4. The van der Waals surface area contributed by atoms with Crippen molar-refractivity contribution in [2.45, 2.75) is 18.9 Å². The molecule has 1 aliphatic heterocycles. The summed E-state index contributed by atoms with van der Waals surface area (Å²) in [5.74, 6) is -0.318. The van der Waals surface area contributed by atoms with E-state index in [2.05, 4.69) is 28.5 Å². The van der Waals surface area contributed by atoms with E-state index in [1.54, 1.807) is 0 Å². The zero-order valence-electron chi connectivity index (χ0n) is 18.0. The number of nitriles is 1. The van der Waals surface area contributed by atoms with Crippen LogP contribution in [0.5, 0.6) is 0 Å². The Bertz CT molecular complexity index is 1100. The number of halogens is 2.